The van der Waals surface area contributed by atoms with Gasteiger partial charge in [0.1, 0.15) is 12.1 Å². The van der Waals surface area contributed by atoms with Crippen LogP contribution in [0.2, 0.25) is 0 Å². The molecule has 3 rings (SSSR count). The number of halogens is 1. The van der Waals surface area contributed by atoms with Gasteiger partial charge in [0.2, 0.25) is 17.7 Å². The maximum absolute atomic E-state index is 13.4. The van der Waals surface area contributed by atoms with Crippen molar-refractivity contribution >= 4 is 40.9 Å². The highest BCUT2D eigenvalue weighted by Gasteiger charge is 2.37. The Bertz CT molecular complexity index is 1050. The van der Waals surface area contributed by atoms with Crippen molar-refractivity contribution in [2.75, 3.05) is 26.7 Å². The number of carbonyl (C=O) groups is 3. The third kappa shape index (κ3) is 8.15. The van der Waals surface area contributed by atoms with Crippen molar-refractivity contribution < 1.29 is 19.5 Å². The molecule has 0 aromatic heterocycles. The molecule has 1 fully saturated rings. The molecule has 3 atom stereocenters. The normalized spacial score (nSPS) is 16.8. The molecule has 2 aromatic rings. The zero-order valence-corrected chi connectivity index (χ0v) is 22.9. The van der Waals surface area contributed by atoms with Crippen LogP contribution in [0.15, 0.2) is 42.5 Å². The minimum absolute atomic E-state index is 0. The molecule has 1 aliphatic heterocycles. The van der Waals surface area contributed by atoms with Crippen LogP contribution in [0.25, 0.3) is 10.8 Å². The van der Waals surface area contributed by atoms with Crippen LogP contribution in [-0.2, 0) is 20.8 Å². The molecule has 0 saturated carbocycles. The molecule has 204 valence electrons. The van der Waals surface area contributed by atoms with Gasteiger partial charge in [-0.2, -0.15) is 0 Å². The molecule has 37 heavy (non-hydrogen) atoms. The van der Waals surface area contributed by atoms with Gasteiger partial charge in [0.25, 0.3) is 0 Å². The summed E-state index contributed by atoms with van der Waals surface area (Å²) in [6.07, 6.45) is 2.39. The third-order valence-electron chi connectivity index (χ3n) is 7.01. The van der Waals surface area contributed by atoms with E-state index in [2.05, 4.69) is 16.0 Å². The Morgan fingerprint density at radius 2 is 1.76 bits per heavy atom. The van der Waals surface area contributed by atoms with Crippen LogP contribution in [-0.4, -0.2) is 72.6 Å². The number of carbonyl (C=O) groups excluding carboxylic acids is 3. The summed E-state index contributed by atoms with van der Waals surface area (Å²) in [5.74, 6) is -0.738. The number of amides is 3. The van der Waals surface area contributed by atoms with Gasteiger partial charge in [-0.3, -0.25) is 14.4 Å². The summed E-state index contributed by atoms with van der Waals surface area (Å²) >= 11 is 0. The van der Waals surface area contributed by atoms with Crippen molar-refractivity contribution in [3.05, 3.63) is 48.0 Å². The first-order valence-corrected chi connectivity index (χ1v) is 13.1. The van der Waals surface area contributed by atoms with Crippen molar-refractivity contribution in [1.29, 1.82) is 0 Å². The number of rotatable bonds is 12. The highest BCUT2D eigenvalue weighted by atomic mass is 35.5. The maximum atomic E-state index is 13.4. The average Bonchev–Trinajstić information content (AvgIpc) is 3.38. The predicted octanol–water partition coefficient (Wildman–Crippen LogP) is 2.41. The Morgan fingerprint density at radius 3 is 2.43 bits per heavy atom. The number of nitrogens with one attached hydrogen (secondary N) is 3. The van der Waals surface area contributed by atoms with E-state index >= 15 is 0 Å². The average molecular weight is 533 g/mol. The van der Waals surface area contributed by atoms with Gasteiger partial charge in [-0.15, -0.1) is 12.4 Å². The second kappa shape index (κ2) is 14.9. The molecule has 0 radical (unpaired) electrons. The third-order valence-corrected chi connectivity index (χ3v) is 7.01. The van der Waals surface area contributed by atoms with Crippen molar-refractivity contribution in [2.45, 2.75) is 64.1 Å². The van der Waals surface area contributed by atoms with Gasteiger partial charge in [-0.25, -0.2) is 0 Å². The molecule has 1 aliphatic rings. The molecule has 1 unspecified atom stereocenters. The second-order valence-corrected chi connectivity index (χ2v) is 9.61. The van der Waals surface area contributed by atoms with Crippen LogP contribution < -0.4 is 16.0 Å². The van der Waals surface area contributed by atoms with Crippen LogP contribution in [0, 0.1) is 5.92 Å². The Balaban J connectivity index is 0.00000481. The lowest BCUT2D eigenvalue weighted by molar-refractivity contribution is -0.142. The fraction of sp³-hybridized carbons (Fsp3) is 0.536. The predicted molar refractivity (Wildman–Crippen MR) is 149 cm³/mol. The number of hydrogen-bond donors (Lipinski definition) is 4. The molecule has 3 amide bonds. The summed E-state index contributed by atoms with van der Waals surface area (Å²) in [4.78, 5) is 41.2. The van der Waals surface area contributed by atoms with E-state index in [9.17, 15) is 19.5 Å². The smallest absolute Gasteiger partial charge is 0.243 e. The lowest BCUT2D eigenvalue weighted by Gasteiger charge is -2.29. The van der Waals surface area contributed by atoms with Crippen molar-refractivity contribution in [3.63, 3.8) is 0 Å². The van der Waals surface area contributed by atoms with Gasteiger partial charge in [0, 0.05) is 32.0 Å². The fourth-order valence-corrected chi connectivity index (χ4v) is 4.90. The first-order valence-electron chi connectivity index (χ1n) is 13.1. The zero-order chi connectivity index (χ0) is 26.1. The van der Waals surface area contributed by atoms with Gasteiger partial charge in [-0.05, 0) is 49.1 Å². The molecule has 4 N–H and O–H groups in total. The summed E-state index contributed by atoms with van der Waals surface area (Å²) < 4.78 is 0. The molecule has 9 heteroatoms. The van der Waals surface area contributed by atoms with E-state index < -0.39 is 18.2 Å². The summed E-state index contributed by atoms with van der Waals surface area (Å²) in [5, 5.41) is 20.8. The molecule has 0 aliphatic carbocycles. The maximum Gasteiger partial charge on any atom is 0.243 e. The number of fused-ring (bicyclic) bond motifs is 1. The van der Waals surface area contributed by atoms with E-state index in [1.807, 2.05) is 56.3 Å². The lowest BCUT2D eigenvalue weighted by atomic mass is 10.00. The quantitative estimate of drug-likeness (QED) is 0.335. The van der Waals surface area contributed by atoms with Crippen molar-refractivity contribution in [3.8, 4) is 0 Å². The SMILES string of the molecule is CCC(CC)C(=O)N1CCC[C@H]1C(=O)N[C@H](Cc1ccc2ccccc2c1)C(=O)NCC(O)CNC.Cl. The van der Waals surface area contributed by atoms with E-state index in [4.69, 9.17) is 0 Å². The fourth-order valence-electron chi connectivity index (χ4n) is 4.90. The topological polar surface area (TPSA) is 111 Å². The molecular weight excluding hydrogens is 492 g/mol. The standard InChI is InChI=1S/C28H40N4O4.ClH/c1-4-20(5-2)28(36)32-14-8-11-25(32)27(35)31-24(26(34)30-18-23(33)17-29-3)16-19-12-13-21-9-6-7-10-22(21)15-19;/h6-7,9-10,12-13,15,20,23-25,29,33H,4-5,8,11,14,16-18H2,1-3H3,(H,30,34)(H,31,35);1H/t23?,24-,25+;/m1./s1. The van der Waals surface area contributed by atoms with Crippen LogP contribution >= 0.6 is 12.4 Å². The molecule has 1 heterocycles. The van der Waals surface area contributed by atoms with E-state index in [0.29, 0.717) is 25.9 Å². The highest BCUT2D eigenvalue weighted by molar-refractivity contribution is 5.93. The van der Waals surface area contributed by atoms with Crippen LogP contribution in [0.3, 0.4) is 0 Å². The molecule has 8 nitrogen and oxygen atoms in total. The van der Waals surface area contributed by atoms with E-state index in [1.165, 1.54) is 0 Å². The van der Waals surface area contributed by atoms with Crippen molar-refractivity contribution in [1.82, 2.24) is 20.9 Å². The zero-order valence-electron chi connectivity index (χ0n) is 22.0. The Kier molecular flexibility index (Phi) is 12.3. The number of aliphatic hydroxyl groups is 1. The van der Waals surface area contributed by atoms with E-state index in [-0.39, 0.29) is 42.6 Å². The molecule has 1 saturated heterocycles. The Morgan fingerprint density at radius 1 is 1.05 bits per heavy atom. The summed E-state index contributed by atoms with van der Waals surface area (Å²) in [6.45, 7) is 4.96. The summed E-state index contributed by atoms with van der Waals surface area (Å²) in [6, 6.07) is 12.6. The van der Waals surface area contributed by atoms with Crippen molar-refractivity contribution in [2.24, 2.45) is 5.92 Å². The molecule has 0 spiro atoms. The van der Waals surface area contributed by atoms with Crippen LogP contribution in [0.4, 0.5) is 0 Å². The summed E-state index contributed by atoms with van der Waals surface area (Å²) in [5.41, 5.74) is 0.918. The number of benzene rings is 2. The lowest BCUT2D eigenvalue weighted by Crippen LogP contribution is -2.55. The van der Waals surface area contributed by atoms with Gasteiger partial charge in [0.15, 0.2) is 0 Å². The number of hydrogen-bond acceptors (Lipinski definition) is 5. The molecule has 0 bridgehead atoms. The summed E-state index contributed by atoms with van der Waals surface area (Å²) in [7, 11) is 1.73. The van der Waals surface area contributed by atoms with Crippen LogP contribution in [0.1, 0.15) is 45.1 Å². The molecule has 2 aromatic carbocycles. The first kappa shape index (κ1) is 30.5. The Labute approximate surface area is 226 Å². The van der Waals surface area contributed by atoms with Gasteiger partial charge >= 0.3 is 0 Å². The monoisotopic (exact) mass is 532 g/mol. The molecular formula is C28H41ClN4O4. The van der Waals surface area contributed by atoms with Gasteiger partial charge in [0.05, 0.1) is 6.10 Å². The highest BCUT2D eigenvalue weighted by Crippen LogP contribution is 2.23. The van der Waals surface area contributed by atoms with E-state index in [0.717, 1.165) is 35.6 Å². The Hall–Kier alpha value is -2.68. The second-order valence-electron chi connectivity index (χ2n) is 9.61. The number of aliphatic hydroxyl groups excluding tert-OH is 1. The first-order chi connectivity index (χ1) is 17.4. The minimum atomic E-state index is -0.828. The van der Waals surface area contributed by atoms with Crippen LogP contribution in [0.5, 0.6) is 0 Å². The van der Waals surface area contributed by atoms with Gasteiger partial charge < -0.3 is 26.0 Å². The number of likely N-dealkylation sites (tertiary alicyclic amines) is 1. The number of nitrogens with zero attached hydrogens (tertiary/aromatic N) is 1. The minimum Gasteiger partial charge on any atom is -0.390 e. The largest absolute Gasteiger partial charge is 0.390 e. The van der Waals surface area contributed by atoms with Gasteiger partial charge in [-0.1, -0.05) is 56.3 Å². The van der Waals surface area contributed by atoms with E-state index in [1.54, 1.807) is 11.9 Å². The number of likely N-dealkylation sites (N-methyl/N-ethyl adjacent to an activating group) is 1.